The fraction of sp³-hybridized carbons (Fsp3) is 0.357. The van der Waals surface area contributed by atoms with Gasteiger partial charge in [0.05, 0.1) is 25.3 Å². The minimum Gasteiger partial charge on any atom is -0.465 e. The molecule has 2 rings (SSSR count). The number of rotatable bonds is 6. The van der Waals surface area contributed by atoms with Crippen molar-refractivity contribution in [1.82, 2.24) is 4.57 Å². The molecule has 0 bridgehead atoms. The molecule has 110 valence electrons. The summed E-state index contributed by atoms with van der Waals surface area (Å²) in [5.41, 5.74) is 9.66. The van der Waals surface area contributed by atoms with E-state index < -0.39 is 0 Å². The van der Waals surface area contributed by atoms with Crippen LogP contribution in [0.25, 0.3) is 21.3 Å². The number of fused-ring (bicyclic) bond motifs is 1. The molecule has 21 heavy (non-hydrogen) atoms. The van der Waals surface area contributed by atoms with Crippen LogP contribution in [0.1, 0.15) is 23.3 Å². The van der Waals surface area contributed by atoms with Crippen molar-refractivity contribution in [3.63, 3.8) is 0 Å². The molecule has 0 N–H and O–H groups in total. The molecule has 0 radical (unpaired) electrons. The first kappa shape index (κ1) is 14.9. The predicted molar refractivity (Wildman–Crippen MR) is 78.0 cm³/mol. The van der Waals surface area contributed by atoms with Gasteiger partial charge in [0.15, 0.2) is 0 Å². The molecule has 0 amide bonds. The van der Waals surface area contributed by atoms with Gasteiger partial charge in [-0.05, 0) is 30.7 Å². The number of carbonyl (C=O) groups excluding carboxylic acids is 1. The highest BCUT2D eigenvalue weighted by Gasteiger charge is 2.14. The molecule has 0 aliphatic carbocycles. The minimum absolute atomic E-state index is 0.00739. The normalized spacial score (nSPS) is 11.9. The summed E-state index contributed by atoms with van der Waals surface area (Å²) in [6, 6.07) is 7.42. The summed E-state index contributed by atoms with van der Waals surface area (Å²) >= 11 is 0. The molecule has 1 atom stereocenters. The van der Waals surface area contributed by atoms with Crippen molar-refractivity contribution < 1.29 is 14.3 Å². The van der Waals surface area contributed by atoms with Crippen molar-refractivity contribution in [3.8, 4) is 0 Å². The fourth-order valence-electron chi connectivity index (χ4n) is 2.23. The maximum Gasteiger partial charge on any atom is 0.338 e. The molecule has 7 heteroatoms. The van der Waals surface area contributed by atoms with Crippen LogP contribution >= 0.6 is 0 Å². The molecule has 0 fully saturated rings. The van der Waals surface area contributed by atoms with Crippen molar-refractivity contribution in [2.75, 3.05) is 20.4 Å². The smallest absolute Gasteiger partial charge is 0.338 e. The molecule has 1 aromatic heterocycles. The maximum absolute atomic E-state index is 11.7. The van der Waals surface area contributed by atoms with Crippen LogP contribution in [0.5, 0.6) is 0 Å². The van der Waals surface area contributed by atoms with E-state index in [1.54, 1.807) is 6.07 Å². The lowest BCUT2D eigenvalue weighted by Crippen LogP contribution is -2.11. The number of nitrogens with zero attached hydrogens (tertiary/aromatic N) is 4. The zero-order valence-corrected chi connectivity index (χ0v) is 11.9. The van der Waals surface area contributed by atoms with Crippen molar-refractivity contribution in [2.24, 2.45) is 5.11 Å². The van der Waals surface area contributed by atoms with E-state index in [4.69, 9.17) is 15.0 Å². The number of ether oxygens (including phenoxy) is 2. The Hall–Kier alpha value is -2.50. The van der Waals surface area contributed by atoms with Crippen molar-refractivity contribution in [2.45, 2.75) is 13.0 Å². The summed E-state index contributed by atoms with van der Waals surface area (Å²) in [6.07, 6.45) is 1.90. The Labute approximate surface area is 121 Å². The average Bonchev–Trinajstić information content (AvgIpc) is 2.94. The van der Waals surface area contributed by atoms with Crippen LogP contribution in [0, 0.1) is 0 Å². The number of azide groups is 1. The third-order valence-electron chi connectivity index (χ3n) is 3.21. The molecule has 0 spiro atoms. The number of aromatic nitrogens is 1. The first-order chi connectivity index (χ1) is 10.2. The van der Waals surface area contributed by atoms with Gasteiger partial charge in [0.1, 0.15) is 6.73 Å². The largest absolute Gasteiger partial charge is 0.465 e. The number of hydrogen-bond acceptors (Lipinski definition) is 4. The van der Waals surface area contributed by atoms with Crippen molar-refractivity contribution in [1.29, 1.82) is 0 Å². The third kappa shape index (κ3) is 3.16. The van der Waals surface area contributed by atoms with Crippen LogP contribution in [0.2, 0.25) is 0 Å². The molecule has 2 aromatic rings. The third-order valence-corrected chi connectivity index (χ3v) is 3.21. The topological polar surface area (TPSA) is 89.2 Å². The van der Waals surface area contributed by atoms with Crippen LogP contribution in [0.15, 0.2) is 35.6 Å². The van der Waals surface area contributed by atoms with E-state index in [0.29, 0.717) is 12.2 Å². The molecule has 7 nitrogen and oxygen atoms in total. The van der Waals surface area contributed by atoms with Gasteiger partial charge in [-0.15, -0.1) is 0 Å². The number of esters is 1. The van der Waals surface area contributed by atoms with Gasteiger partial charge in [-0.25, -0.2) is 4.79 Å². The Morgan fingerprint density at radius 3 is 3.00 bits per heavy atom. The van der Waals surface area contributed by atoms with E-state index in [-0.39, 0.29) is 18.7 Å². The zero-order valence-electron chi connectivity index (χ0n) is 11.9. The summed E-state index contributed by atoms with van der Waals surface area (Å²) in [4.78, 5) is 14.4. The molecule has 1 heterocycles. The molecule has 0 saturated heterocycles. The lowest BCUT2D eigenvalue weighted by atomic mass is 10.1. The number of carbonyl (C=O) groups is 1. The molecule has 0 aliphatic heterocycles. The van der Waals surface area contributed by atoms with E-state index >= 15 is 0 Å². The molecular weight excluding hydrogens is 272 g/mol. The van der Waals surface area contributed by atoms with Crippen LogP contribution in [-0.2, 0) is 9.47 Å². The standard InChI is InChI=1S/C14H16N4O3/c1-10(8-21-9-16-17-15)18-7-6-11-12(14(19)20-2)4-3-5-13(11)18/h3-7,10H,8-9H2,1-2H3. The Morgan fingerprint density at radius 2 is 2.29 bits per heavy atom. The van der Waals surface area contributed by atoms with E-state index in [0.717, 1.165) is 10.9 Å². The van der Waals surface area contributed by atoms with Gasteiger partial charge in [0, 0.05) is 22.0 Å². The highest BCUT2D eigenvalue weighted by Crippen LogP contribution is 2.24. The summed E-state index contributed by atoms with van der Waals surface area (Å²) in [5, 5.41) is 4.16. The second-order valence-electron chi connectivity index (χ2n) is 4.53. The molecule has 0 aliphatic rings. The van der Waals surface area contributed by atoms with E-state index in [2.05, 4.69) is 10.0 Å². The molecule has 1 aromatic carbocycles. The Bertz CT molecular complexity index is 689. The van der Waals surface area contributed by atoms with Crippen LogP contribution in [0.4, 0.5) is 0 Å². The Morgan fingerprint density at radius 1 is 1.48 bits per heavy atom. The van der Waals surface area contributed by atoms with Gasteiger partial charge in [-0.3, -0.25) is 0 Å². The Kier molecular flexibility index (Phi) is 4.81. The fourth-order valence-corrected chi connectivity index (χ4v) is 2.23. The van der Waals surface area contributed by atoms with Gasteiger partial charge in [-0.1, -0.05) is 11.2 Å². The quantitative estimate of drug-likeness (QED) is 0.268. The highest BCUT2D eigenvalue weighted by atomic mass is 16.5. The van der Waals surface area contributed by atoms with E-state index in [1.165, 1.54) is 7.11 Å². The van der Waals surface area contributed by atoms with Crippen LogP contribution in [0.3, 0.4) is 0 Å². The van der Waals surface area contributed by atoms with Crippen LogP contribution in [-0.4, -0.2) is 31.0 Å². The second kappa shape index (κ2) is 6.78. The first-order valence-corrected chi connectivity index (χ1v) is 6.45. The minimum atomic E-state index is -0.356. The number of methoxy groups -OCH3 is 1. The summed E-state index contributed by atoms with van der Waals surface area (Å²) < 4.78 is 12.1. The van der Waals surface area contributed by atoms with Gasteiger partial charge < -0.3 is 14.0 Å². The number of hydrogen-bond donors (Lipinski definition) is 0. The van der Waals surface area contributed by atoms with Gasteiger partial charge >= 0.3 is 5.97 Å². The SMILES string of the molecule is COC(=O)c1cccc2c1ccn2C(C)COCN=[N+]=[N-]. The summed E-state index contributed by atoms with van der Waals surface area (Å²) in [7, 11) is 1.37. The molecule has 1 unspecified atom stereocenters. The lowest BCUT2D eigenvalue weighted by molar-refractivity contribution is 0.0603. The first-order valence-electron chi connectivity index (χ1n) is 6.45. The van der Waals surface area contributed by atoms with Gasteiger partial charge in [0.2, 0.25) is 0 Å². The average molecular weight is 288 g/mol. The zero-order chi connectivity index (χ0) is 15.2. The van der Waals surface area contributed by atoms with Crippen LogP contribution < -0.4 is 0 Å². The van der Waals surface area contributed by atoms with Crippen molar-refractivity contribution in [3.05, 3.63) is 46.5 Å². The van der Waals surface area contributed by atoms with Gasteiger partial charge in [0.25, 0.3) is 0 Å². The van der Waals surface area contributed by atoms with E-state index in [9.17, 15) is 4.79 Å². The molecular formula is C14H16N4O3. The predicted octanol–water partition coefficient (Wildman–Crippen LogP) is 3.27. The molecule has 0 saturated carbocycles. The maximum atomic E-state index is 11.7. The summed E-state index contributed by atoms with van der Waals surface area (Å²) in [5.74, 6) is -0.356. The number of benzene rings is 1. The van der Waals surface area contributed by atoms with E-state index in [1.807, 2.05) is 35.9 Å². The summed E-state index contributed by atoms with van der Waals surface area (Å²) in [6.45, 7) is 2.40. The monoisotopic (exact) mass is 288 g/mol. The Balaban J connectivity index is 2.25. The van der Waals surface area contributed by atoms with Gasteiger partial charge in [-0.2, -0.15) is 0 Å². The van der Waals surface area contributed by atoms with Crippen molar-refractivity contribution >= 4 is 16.9 Å². The second-order valence-corrected chi connectivity index (χ2v) is 4.53. The highest BCUT2D eigenvalue weighted by molar-refractivity contribution is 6.03. The lowest BCUT2D eigenvalue weighted by Gasteiger charge is -2.15.